The number of rotatable bonds is 10. The van der Waals surface area contributed by atoms with Crippen molar-refractivity contribution in [1.29, 1.82) is 0 Å². The van der Waals surface area contributed by atoms with Crippen LogP contribution in [0.15, 0.2) is 77.8 Å². The molecule has 0 amide bonds. The predicted octanol–water partition coefficient (Wildman–Crippen LogP) is 5.69. The number of fused-ring (bicyclic) bond motifs is 1. The summed E-state index contributed by atoms with van der Waals surface area (Å²) in [5.74, 6) is -1.61. The molecule has 1 aromatic heterocycles. The van der Waals surface area contributed by atoms with Gasteiger partial charge in [-0.15, -0.1) is 0 Å². The lowest BCUT2D eigenvalue weighted by Crippen LogP contribution is -2.31. The quantitative estimate of drug-likeness (QED) is 0.242. The number of ether oxygens (including phenoxy) is 2. The van der Waals surface area contributed by atoms with E-state index in [-0.39, 0.29) is 12.1 Å². The standard InChI is InChI=1S/C30H28F3N3O4S/c1-39-28-18-24-20(9-10-34-27(24)19-29(28)40-14-13-36-11-3-2-4-12-36)15-21-5-7-23(17-26(21)33)35-41(37,38)30-16-22(31)6-8-25(30)32/h2-3,5-10,16-19,35H,4,11-15H2,1H3. The van der Waals surface area contributed by atoms with Crippen molar-refractivity contribution >= 4 is 26.6 Å². The van der Waals surface area contributed by atoms with Crippen molar-refractivity contribution in [2.24, 2.45) is 0 Å². The fraction of sp³-hybridized carbons (Fsp3) is 0.233. The van der Waals surface area contributed by atoms with Gasteiger partial charge in [-0.25, -0.2) is 21.6 Å². The summed E-state index contributed by atoms with van der Waals surface area (Å²) in [6, 6.07) is 11.3. The van der Waals surface area contributed by atoms with Crippen molar-refractivity contribution in [3.8, 4) is 11.5 Å². The molecule has 41 heavy (non-hydrogen) atoms. The predicted molar refractivity (Wildman–Crippen MR) is 150 cm³/mol. The van der Waals surface area contributed by atoms with Gasteiger partial charge in [-0.05, 0) is 60.0 Å². The SMILES string of the molecule is COc1cc2c(Cc3ccc(NS(=O)(=O)c4cc(F)ccc4F)cc3F)ccnc2cc1OCCN1CC=CCC1. The number of sulfonamides is 1. The molecule has 2 heterocycles. The molecular weight excluding hydrogens is 555 g/mol. The fourth-order valence-corrected chi connectivity index (χ4v) is 5.81. The number of nitrogens with zero attached hydrogens (tertiary/aromatic N) is 2. The van der Waals surface area contributed by atoms with Crippen LogP contribution in [-0.4, -0.2) is 51.7 Å². The van der Waals surface area contributed by atoms with E-state index >= 15 is 4.39 Å². The average Bonchev–Trinajstić information content (AvgIpc) is 2.96. The third-order valence-corrected chi connectivity index (χ3v) is 8.19. The first kappa shape index (κ1) is 28.4. The summed E-state index contributed by atoms with van der Waals surface area (Å²) in [5.41, 5.74) is 1.60. The van der Waals surface area contributed by atoms with Gasteiger partial charge in [0.25, 0.3) is 10.0 Å². The van der Waals surface area contributed by atoms with Crippen LogP contribution in [0.3, 0.4) is 0 Å². The van der Waals surface area contributed by atoms with Gasteiger partial charge in [-0.2, -0.15) is 0 Å². The van der Waals surface area contributed by atoms with E-state index in [4.69, 9.17) is 9.47 Å². The van der Waals surface area contributed by atoms with Crippen LogP contribution in [0.1, 0.15) is 17.5 Å². The van der Waals surface area contributed by atoms with Gasteiger partial charge in [-0.1, -0.05) is 18.2 Å². The van der Waals surface area contributed by atoms with Gasteiger partial charge in [0.15, 0.2) is 11.5 Å². The molecule has 0 unspecified atom stereocenters. The highest BCUT2D eigenvalue weighted by atomic mass is 32.2. The molecule has 0 aliphatic carbocycles. The van der Waals surface area contributed by atoms with Gasteiger partial charge in [0.2, 0.25) is 0 Å². The van der Waals surface area contributed by atoms with E-state index in [1.807, 2.05) is 6.07 Å². The topological polar surface area (TPSA) is 80.8 Å². The zero-order chi connectivity index (χ0) is 29.0. The number of benzene rings is 3. The Bertz CT molecular complexity index is 1710. The van der Waals surface area contributed by atoms with Crippen molar-refractivity contribution in [1.82, 2.24) is 9.88 Å². The number of hydrogen-bond acceptors (Lipinski definition) is 6. The van der Waals surface area contributed by atoms with E-state index in [0.29, 0.717) is 41.3 Å². The first-order valence-corrected chi connectivity index (χ1v) is 14.4. The van der Waals surface area contributed by atoms with Crippen LogP contribution in [0.25, 0.3) is 10.9 Å². The summed E-state index contributed by atoms with van der Waals surface area (Å²) in [7, 11) is -2.93. The number of nitrogens with one attached hydrogen (secondary N) is 1. The molecule has 0 fully saturated rings. The highest BCUT2D eigenvalue weighted by Crippen LogP contribution is 2.34. The second-order valence-electron chi connectivity index (χ2n) is 9.56. The van der Waals surface area contributed by atoms with Gasteiger partial charge in [0, 0.05) is 43.7 Å². The molecule has 0 saturated heterocycles. The first-order chi connectivity index (χ1) is 19.7. The van der Waals surface area contributed by atoms with Crippen LogP contribution < -0.4 is 14.2 Å². The monoisotopic (exact) mass is 583 g/mol. The van der Waals surface area contributed by atoms with E-state index in [1.54, 1.807) is 25.4 Å². The normalized spacial score (nSPS) is 13.9. The van der Waals surface area contributed by atoms with Crippen molar-refractivity contribution in [3.05, 3.63) is 102 Å². The van der Waals surface area contributed by atoms with E-state index in [2.05, 4.69) is 26.8 Å². The lowest BCUT2D eigenvalue weighted by molar-refractivity contribution is 0.215. The molecule has 5 rings (SSSR count). The Kier molecular flexibility index (Phi) is 8.46. The zero-order valence-corrected chi connectivity index (χ0v) is 23.1. The van der Waals surface area contributed by atoms with Gasteiger partial charge >= 0.3 is 0 Å². The minimum atomic E-state index is -4.48. The Balaban J connectivity index is 1.33. The van der Waals surface area contributed by atoms with E-state index in [9.17, 15) is 17.2 Å². The minimum Gasteiger partial charge on any atom is -0.493 e. The third kappa shape index (κ3) is 6.63. The van der Waals surface area contributed by atoms with Gasteiger partial charge in [-0.3, -0.25) is 14.6 Å². The van der Waals surface area contributed by atoms with Crippen molar-refractivity contribution in [2.45, 2.75) is 17.7 Å². The summed E-state index contributed by atoms with van der Waals surface area (Å²) in [6.45, 7) is 3.16. The fourth-order valence-electron chi connectivity index (χ4n) is 4.67. The van der Waals surface area contributed by atoms with Crippen LogP contribution in [0.4, 0.5) is 18.9 Å². The molecule has 4 aromatic rings. The molecule has 11 heteroatoms. The van der Waals surface area contributed by atoms with E-state index in [1.165, 1.54) is 12.1 Å². The lowest BCUT2D eigenvalue weighted by Gasteiger charge is -2.23. The van der Waals surface area contributed by atoms with E-state index in [0.717, 1.165) is 49.1 Å². The second kappa shape index (κ2) is 12.2. The van der Waals surface area contributed by atoms with Crippen molar-refractivity contribution in [3.63, 3.8) is 0 Å². The number of anilines is 1. The first-order valence-electron chi connectivity index (χ1n) is 13.0. The van der Waals surface area contributed by atoms with Crippen molar-refractivity contribution < 1.29 is 31.1 Å². The van der Waals surface area contributed by atoms with Gasteiger partial charge in [0.1, 0.15) is 29.0 Å². The molecule has 1 N–H and O–H groups in total. The van der Waals surface area contributed by atoms with Gasteiger partial charge < -0.3 is 9.47 Å². The largest absolute Gasteiger partial charge is 0.493 e. The highest BCUT2D eigenvalue weighted by molar-refractivity contribution is 7.92. The molecule has 214 valence electrons. The Morgan fingerprint density at radius 1 is 0.951 bits per heavy atom. The number of halogens is 3. The smallest absolute Gasteiger partial charge is 0.264 e. The minimum absolute atomic E-state index is 0.126. The maximum atomic E-state index is 15.1. The van der Waals surface area contributed by atoms with Crippen molar-refractivity contribution in [2.75, 3.05) is 38.1 Å². The Morgan fingerprint density at radius 2 is 1.80 bits per heavy atom. The molecule has 0 saturated carbocycles. The molecule has 1 aliphatic rings. The zero-order valence-electron chi connectivity index (χ0n) is 22.2. The molecular formula is C30H28F3N3O4S. The maximum absolute atomic E-state index is 15.1. The highest BCUT2D eigenvalue weighted by Gasteiger charge is 2.21. The van der Waals surface area contributed by atoms with Gasteiger partial charge in [0.05, 0.1) is 18.3 Å². The van der Waals surface area contributed by atoms with Crippen LogP contribution in [0, 0.1) is 17.5 Å². The molecule has 0 bridgehead atoms. The van der Waals surface area contributed by atoms with Crippen LogP contribution in [-0.2, 0) is 16.4 Å². The second-order valence-corrected chi connectivity index (χ2v) is 11.2. The maximum Gasteiger partial charge on any atom is 0.264 e. The average molecular weight is 584 g/mol. The number of aromatic nitrogens is 1. The molecule has 3 aromatic carbocycles. The van der Waals surface area contributed by atoms with Crippen LogP contribution >= 0.6 is 0 Å². The lowest BCUT2D eigenvalue weighted by atomic mass is 10.00. The van der Waals surface area contributed by atoms with Crippen LogP contribution in [0.5, 0.6) is 11.5 Å². The molecule has 1 aliphatic heterocycles. The summed E-state index contributed by atoms with van der Waals surface area (Å²) in [6.07, 6.45) is 7.16. The summed E-state index contributed by atoms with van der Waals surface area (Å²) >= 11 is 0. The number of methoxy groups -OCH3 is 1. The molecule has 0 radical (unpaired) electrons. The molecule has 0 spiro atoms. The Morgan fingerprint density at radius 3 is 2.56 bits per heavy atom. The summed E-state index contributed by atoms with van der Waals surface area (Å²) in [4.78, 5) is 5.88. The summed E-state index contributed by atoms with van der Waals surface area (Å²) in [5, 5.41) is 0.753. The Labute approximate surface area is 236 Å². The number of pyridine rings is 1. The summed E-state index contributed by atoms with van der Waals surface area (Å²) < 4.78 is 81.5. The molecule has 0 atom stereocenters. The number of hydrogen-bond donors (Lipinski definition) is 1. The Hall–Kier alpha value is -4.09. The molecule has 7 nitrogen and oxygen atoms in total. The third-order valence-electron chi connectivity index (χ3n) is 6.79. The van der Waals surface area contributed by atoms with Crippen LogP contribution in [0.2, 0.25) is 0 Å². The van der Waals surface area contributed by atoms with E-state index < -0.39 is 32.4 Å².